The normalized spacial score (nSPS) is 14.8. The largest absolute Gasteiger partial charge is 0.394 e. The zero-order valence-electron chi connectivity index (χ0n) is 9.36. The molecule has 3 nitrogen and oxygen atoms in total. The number of aliphatic hydroxyl groups is 2. The molecule has 0 fully saturated rings. The first-order valence-electron chi connectivity index (χ1n) is 5.45. The van der Waals surface area contributed by atoms with Crippen molar-refractivity contribution in [3.8, 4) is 0 Å². The quantitative estimate of drug-likeness (QED) is 0.713. The van der Waals surface area contributed by atoms with Gasteiger partial charge in [-0.25, -0.2) is 0 Å². The Morgan fingerprint density at radius 1 is 1.44 bits per heavy atom. The minimum Gasteiger partial charge on any atom is -0.394 e. The Bertz CT molecular complexity index is 320. The fraction of sp³-hybridized carbons (Fsp3) is 0.500. The van der Waals surface area contributed by atoms with E-state index in [1.54, 1.807) is 0 Å². The van der Waals surface area contributed by atoms with Crippen LogP contribution in [0.3, 0.4) is 0 Å². The van der Waals surface area contributed by atoms with Gasteiger partial charge in [-0.05, 0) is 24.1 Å². The van der Waals surface area contributed by atoms with E-state index in [0.717, 1.165) is 12.0 Å². The van der Waals surface area contributed by atoms with Crippen molar-refractivity contribution in [1.29, 1.82) is 0 Å². The monoisotopic (exact) mass is 243 g/mol. The lowest BCUT2D eigenvalue weighted by atomic mass is 10.0. The van der Waals surface area contributed by atoms with Gasteiger partial charge in [0.1, 0.15) is 0 Å². The summed E-state index contributed by atoms with van der Waals surface area (Å²) >= 11 is 5.92. The zero-order valence-corrected chi connectivity index (χ0v) is 10.1. The number of rotatable bonds is 6. The highest BCUT2D eigenvalue weighted by Gasteiger charge is 2.10. The number of benzene rings is 1. The molecule has 0 aromatic heterocycles. The molecule has 1 rings (SSSR count). The van der Waals surface area contributed by atoms with E-state index < -0.39 is 6.10 Å². The SMILES string of the molecule is CCC(NCC(O)CO)c1cccc(Cl)c1. The highest BCUT2D eigenvalue weighted by Crippen LogP contribution is 2.20. The third kappa shape index (κ3) is 4.10. The van der Waals surface area contributed by atoms with Crippen LogP contribution in [0, 0.1) is 0 Å². The first-order valence-corrected chi connectivity index (χ1v) is 5.83. The van der Waals surface area contributed by atoms with Gasteiger partial charge < -0.3 is 15.5 Å². The van der Waals surface area contributed by atoms with Crippen LogP contribution in [0.5, 0.6) is 0 Å². The Kier molecular flexibility index (Phi) is 5.77. The van der Waals surface area contributed by atoms with E-state index >= 15 is 0 Å². The second kappa shape index (κ2) is 6.86. The molecule has 0 amide bonds. The molecule has 0 heterocycles. The molecule has 90 valence electrons. The van der Waals surface area contributed by atoms with E-state index in [2.05, 4.69) is 12.2 Å². The Balaban J connectivity index is 2.60. The van der Waals surface area contributed by atoms with E-state index in [0.29, 0.717) is 11.6 Å². The minimum absolute atomic E-state index is 0.153. The molecule has 1 aromatic carbocycles. The molecular weight excluding hydrogens is 226 g/mol. The van der Waals surface area contributed by atoms with Crippen molar-refractivity contribution in [2.75, 3.05) is 13.2 Å². The van der Waals surface area contributed by atoms with Gasteiger partial charge in [0.15, 0.2) is 0 Å². The van der Waals surface area contributed by atoms with Crippen molar-refractivity contribution in [3.05, 3.63) is 34.9 Å². The number of hydrogen-bond donors (Lipinski definition) is 3. The van der Waals surface area contributed by atoms with Crippen LogP contribution in [0.15, 0.2) is 24.3 Å². The molecule has 16 heavy (non-hydrogen) atoms. The second-order valence-corrected chi connectivity index (χ2v) is 4.20. The molecule has 2 atom stereocenters. The van der Waals surface area contributed by atoms with Crippen LogP contribution in [-0.2, 0) is 0 Å². The van der Waals surface area contributed by atoms with Crippen molar-refractivity contribution < 1.29 is 10.2 Å². The maximum atomic E-state index is 9.27. The summed E-state index contributed by atoms with van der Waals surface area (Å²) in [6, 6.07) is 7.80. The average Bonchev–Trinajstić information content (AvgIpc) is 2.29. The number of aliphatic hydroxyl groups excluding tert-OH is 2. The lowest BCUT2D eigenvalue weighted by Gasteiger charge is -2.19. The van der Waals surface area contributed by atoms with Gasteiger partial charge >= 0.3 is 0 Å². The van der Waals surface area contributed by atoms with Gasteiger partial charge in [0, 0.05) is 17.6 Å². The lowest BCUT2D eigenvalue weighted by molar-refractivity contribution is 0.0917. The third-order valence-corrected chi connectivity index (χ3v) is 2.71. The van der Waals surface area contributed by atoms with E-state index in [-0.39, 0.29) is 12.6 Å². The van der Waals surface area contributed by atoms with E-state index in [1.807, 2.05) is 24.3 Å². The van der Waals surface area contributed by atoms with E-state index in [4.69, 9.17) is 16.7 Å². The Morgan fingerprint density at radius 2 is 2.19 bits per heavy atom. The van der Waals surface area contributed by atoms with Crippen LogP contribution in [0.1, 0.15) is 24.9 Å². The van der Waals surface area contributed by atoms with Gasteiger partial charge in [0.2, 0.25) is 0 Å². The number of hydrogen-bond acceptors (Lipinski definition) is 3. The van der Waals surface area contributed by atoms with Gasteiger partial charge in [-0.3, -0.25) is 0 Å². The number of nitrogens with one attached hydrogen (secondary N) is 1. The first-order chi connectivity index (χ1) is 7.67. The van der Waals surface area contributed by atoms with Crippen LogP contribution < -0.4 is 5.32 Å². The summed E-state index contributed by atoms with van der Waals surface area (Å²) in [7, 11) is 0. The van der Waals surface area contributed by atoms with Crippen LogP contribution in [-0.4, -0.2) is 29.5 Å². The van der Waals surface area contributed by atoms with Crippen molar-refractivity contribution in [2.24, 2.45) is 0 Å². The molecule has 0 bridgehead atoms. The molecule has 1 aromatic rings. The summed E-state index contributed by atoms with van der Waals surface area (Å²) in [5.74, 6) is 0. The predicted molar refractivity (Wildman–Crippen MR) is 65.6 cm³/mol. The van der Waals surface area contributed by atoms with Crippen molar-refractivity contribution >= 4 is 11.6 Å². The average molecular weight is 244 g/mol. The fourth-order valence-corrected chi connectivity index (χ4v) is 1.76. The van der Waals surface area contributed by atoms with Crippen molar-refractivity contribution in [3.63, 3.8) is 0 Å². The molecule has 4 heteroatoms. The summed E-state index contributed by atoms with van der Waals surface area (Å²) in [5.41, 5.74) is 1.10. The summed E-state index contributed by atoms with van der Waals surface area (Å²) < 4.78 is 0. The van der Waals surface area contributed by atoms with E-state index in [1.165, 1.54) is 0 Å². The van der Waals surface area contributed by atoms with Crippen LogP contribution in [0.4, 0.5) is 0 Å². The van der Waals surface area contributed by atoms with Crippen LogP contribution in [0.25, 0.3) is 0 Å². The minimum atomic E-state index is -0.715. The van der Waals surface area contributed by atoms with Gasteiger partial charge in [-0.1, -0.05) is 30.7 Å². The number of halogens is 1. The predicted octanol–water partition coefficient (Wildman–Crippen LogP) is 1.73. The summed E-state index contributed by atoms with van der Waals surface area (Å²) in [6.45, 7) is 2.21. The smallest absolute Gasteiger partial charge is 0.0895 e. The van der Waals surface area contributed by atoms with Crippen LogP contribution in [0.2, 0.25) is 5.02 Å². The van der Waals surface area contributed by atoms with Gasteiger partial charge in [0.05, 0.1) is 12.7 Å². The van der Waals surface area contributed by atoms with E-state index in [9.17, 15) is 5.11 Å². The molecule has 0 radical (unpaired) electrons. The molecule has 0 spiro atoms. The van der Waals surface area contributed by atoms with Gasteiger partial charge in [0.25, 0.3) is 0 Å². The standard InChI is InChI=1S/C12H18ClNO2/c1-2-12(14-7-11(16)8-15)9-4-3-5-10(13)6-9/h3-6,11-12,14-16H,2,7-8H2,1H3. The first kappa shape index (κ1) is 13.5. The fourth-order valence-electron chi connectivity index (χ4n) is 1.56. The molecule has 2 unspecified atom stereocenters. The summed E-state index contributed by atoms with van der Waals surface area (Å²) in [5, 5.41) is 21.9. The highest BCUT2D eigenvalue weighted by molar-refractivity contribution is 6.30. The molecule has 0 saturated heterocycles. The molecule has 3 N–H and O–H groups in total. The summed E-state index contributed by atoms with van der Waals surface area (Å²) in [6.07, 6.45) is 0.187. The molecule has 0 aliphatic heterocycles. The third-order valence-electron chi connectivity index (χ3n) is 2.47. The lowest BCUT2D eigenvalue weighted by Crippen LogP contribution is -2.32. The zero-order chi connectivity index (χ0) is 12.0. The van der Waals surface area contributed by atoms with Crippen LogP contribution >= 0.6 is 11.6 Å². The van der Waals surface area contributed by atoms with Gasteiger partial charge in [-0.15, -0.1) is 0 Å². The maximum Gasteiger partial charge on any atom is 0.0895 e. The Labute approximate surface area is 101 Å². The van der Waals surface area contributed by atoms with Gasteiger partial charge in [-0.2, -0.15) is 0 Å². The second-order valence-electron chi connectivity index (χ2n) is 3.76. The topological polar surface area (TPSA) is 52.5 Å². The highest BCUT2D eigenvalue weighted by atomic mass is 35.5. The summed E-state index contributed by atoms with van der Waals surface area (Å²) in [4.78, 5) is 0. The van der Waals surface area contributed by atoms with Crippen molar-refractivity contribution in [2.45, 2.75) is 25.5 Å². The van der Waals surface area contributed by atoms with Crippen molar-refractivity contribution in [1.82, 2.24) is 5.32 Å². The Morgan fingerprint density at radius 3 is 2.75 bits per heavy atom. The molecule has 0 saturated carbocycles. The maximum absolute atomic E-state index is 9.27. The molecular formula is C12H18ClNO2. The molecule has 0 aliphatic rings. The Hall–Kier alpha value is -0.610. The molecule has 0 aliphatic carbocycles.